The third kappa shape index (κ3) is 3.45. The van der Waals surface area contributed by atoms with Crippen molar-refractivity contribution < 1.29 is 13.2 Å². The molecule has 2 N–H and O–H groups in total. The lowest BCUT2D eigenvalue weighted by Gasteiger charge is -2.34. The van der Waals surface area contributed by atoms with Gasteiger partial charge in [0, 0.05) is 24.9 Å². The number of primary sulfonamides is 1. The molecular formula is C19H22N4O3S2. The Morgan fingerprint density at radius 2 is 2.14 bits per heavy atom. The van der Waals surface area contributed by atoms with E-state index in [4.69, 9.17) is 10.1 Å². The molecule has 4 rings (SSSR count). The maximum absolute atomic E-state index is 12.9. The van der Waals surface area contributed by atoms with Crippen molar-refractivity contribution in [2.24, 2.45) is 5.14 Å². The van der Waals surface area contributed by atoms with Crippen molar-refractivity contribution in [3.05, 3.63) is 47.1 Å². The number of carbonyl (C=O) groups excluding carboxylic acids is 1. The molecule has 1 atom stereocenters. The van der Waals surface area contributed by atoms with Crippen LogP contribution in [0.25, 0.3) is 11.0 Å². The van der Waals surface area contributed by atoms with Crippen molar-refractivity contribution in [2.75, 3.05) is 13.1 Å². The highest BCUT2D eigenvalue weighted by Crippen LogP contribution is 2.29. The largest absolute Gasteiger partial charge is 0.337 e. The zero-order valence-corrected chi connectivity index (χ0v) is 17.2. The Kier molecular flexibility index (Phi) is 4.98. The summed E-state index contributed by atoms with van der Waals surface area (Å²) in [5, 5.41) is 6.73. The molecule has 0 radical (unpaired) electrons. The zero-order chi connectivity index (χ0) is 19.9. The van der Waals surface area contributed by atoms with E-state index >= 15 is 0 Å². The van der Waals surface area contributed by atoms with E-state index in [0.717, 1.165) is 47.5 Å². The summed E-state index contributed by atoms with van der Waals surface area (Å²) in [5.41, 5.74) is 2.44. The molecule has 0 bridgehead atoms. The number of aryl methyl sites for hydroxylation is 1. The fourth-order valence-corrected chi connectivity index (χ4v) is 5.44. The van der Waals surface area contributed by atoms with Crippen LogP contribution in [0.2, 0.25) is 0 Å². The summed E-state index contributed by atoms with van der Waals surface area (Å²) in [7, 11) is -3.79. The first-order chi connectivity index (χ1) is 13.4. The van der Waals surface area contributed by atoms with Crippen LogP contribution in [0.15, 0.2) is 39.9 Å². The minimum Gasteiger partial charge on any atom is -0.337 e. The lowest BCUT2D eigenvalue weighted by Crippen LogP contribution is -2.40. The highest BCUT2D eigenvalue weighted by atomic mass is 32.2. The van der Waals surface area contributed by atoms with E-state index in [-0.39, 0.29) is 16.2 Å². The predicted molar refractivity (Wildman–Crippen MR) is 109 cm³/mol. The highest BCUT2D eigenvalue weighted by molar-refractivity contribution is 7.91. The van der Waals surface area contributed by atoms with E-state index in [1.54, 1.807) is 10.3 Å². The molecule has 0 spiro atoms. The van der Waals surface area contributed by atoms with Crippen LogP contribution in [0.5, 0.6) is 0 Å². The lowest BCUT2D eigenvalue weighted by molar-refractivity contribution is 0.0680. The second-order valence-electron chi connectivity index (χ2n) is 6.99. The van der Waals surface area contributed by atoms with Crippen LogP contribution < -0.4 is 5.14 Å². The summed E-state index contributed by atoms with van der Waals surface area (Å²) >= 11 is 0.980. The van der Waals surface area contributed by atoms with Gasteiger partial charge < -0.3 is 9.47 Å². The van der Waals surface area contributed by atoms with Gasteiger partial charge in [0.2, 0.25) is 10.0 Å². The van der Waals surface area contributed by atoms with Gasteiger partial charge in [-0.1, -0.05) is 19.1 Å². The van der Waals surface area contributed by atoms with Crippen LogP contribution in [-0.4, -0.2) is 41.9 Å². The van der Waals surface area contributed by atoms with E-state index in [2.05, 4.69) is 17.6 Å². The van der Waals surface area contributed by atoms with E-state index < -0.39 is 10.0 Å². The van der Waals surface area contributed by atoms with Gasteiger partial charge in [-0.15, -0.1) is 11.3 Å². The van der Waals surface area contributed by atoms with E-state index in [9.17, 15) is 13.2 Å². The van der Waals surface area contributed by atoms with Crippen molar-refractivity contribution in [1.29, 1.82) is 0 Å². The fraction of sp³-hybridized carbons (Fsp3) is 0.368. The molecule has 1 amide bonds. The number of likely N-dealkylation sites (tertiary alicyclic amines) is 1. The fourth-order valence-electron chi connectivity index (χ4n) is 3.86. The molecule has 148 valence electrons. The van der Waals surface area contributed by atoms with E-state index in [1.165, 1.54) is 6.07 Å². The van der Waals surface area contributed by atoms with Crippen molar-refractivity contribution in [1.82, 2.24) is 14.5 Å². The number of fused-ring (bicyclic) bond motifs is 1. The SMILES string of the molecule is CCc1nc2ccccc2n1C1CCCN(C(=O)c2csc(S(N)(=O)=O)c2)C1. The quantitative estimate of drug-likeness (QED) is 0.704. The first-order valence-electron chi connectivity index (χ1n) is 9.25. The Morgan fingerprint density at radius 1 is 1.36 bits per heavy atom. The monoisotopic (exact) mass is 418 g/mol. The third-order valence-corrected chi connectivity index (χ3v) is 7.52. The van der Waals surface area contributed by atoms with Crippen molar-refractivity contribution in [3.63, 3.8) is 0 Å². The molecule has 1 aliphatic rings. The van der Waals surface area contributed by atoms with E-state index in [0.29, 0.717) is 18.7 Å². The molecule has 1 aromatic carbocycles. The third-order valence-electron chi connectivity index (χ3n) is 5.14. The number of para-hydroxylation sites is 2. The molecule has 0 aliphatic carbocycles. The topological polar surface area (TPSA) is 98.3 Å². The van der Waals surface area contributed by atoms with E-state index in [1.807, 2.05) is 18.2 Å². The molecule has 28 heavy (non-hydrogen) atoms. The number of nitrogens with zero attached hydrogens (tertiary/aromatic N) is 3. The zero-order valence-electron chi connectivity index (χ0n) is 15.5. The second kappa shape index (κ2) is 7.31. The summed E-state index contributed by atoms with van der Waals surface area (Å²) < 4.78 is 25.3. The maximum Gasteiger partial charge on any atom is 0.254 e. The summed E-state index contributed by atoms with van der Waals surface area (Å²) in [6.45, 7) is 3.32. The average molecular weight is 419 g/mol. The highest BCUT2D eigenvalue weighted by Gasteiger charge is 2.28. The Labute approximate surface area is 167 Å². The number of rotatable bonds is 4. The molecule has 9 heteroatoms. The number of sulfonamides is 1. The molecule has 3 heterocycles. The summed E-state index contributed by atoms with van der Waals surface area (Å²) in [4.78, 5) is 19.5. The van der Waals surface area contributed by atoms with Gasteiger partial charge in [-0.2, -0.15) is 0 Å². The Hall–Kier alpha value is -2.23. The average Bonchev–Trinajstić information content (AvgIpc) is 3.32. The smallest absolute Gasteiger partial charge is 0.254 e. The first-order valence-corrected chi connectivity index (χ1v) is 11.7. The number of amides is 1. The van der Waals surface area contributed by atoms with Crippen molar-refractivity contribution in [3.8, 4) is 0 Å². The van der Waals surface area contributed by atoms with Gasteiger partial charge in [0.05, 0.1) is 22.6 Å². The minimum atomic E-state index is -3.79. The molecule has 1 fully saturated rings. The van der Waals surface area contributed by atoms with Gasteiger partial charge in [-0.3, -0.25) is 4.79 Å². The number of aromatic nitrogens is 2. The lowest BCUT2D eigenvalue weighted by atomic mass is 10.0. The number of hydrogen-bond donors (Lipinski definition) is 1. The van der Waals surface area contributed by atoms with Gasteiger partial charge in [0.1, 0.15) is 10.0 Å². The molecule has 0 saturated carbocycles. The molecule has 2 aromatic heterocycles. The van der Waals surface area contributed by atoms with Crippen LogP contribution >= 0.6 is 11.3 Å². The normalized spacial score (nSPS) is 17.9. The van der Waals surface area contributed by atoms with Crippen LogP contribution in [-0.2, 0) is 16.4 Å². The summed E-state index contributed by atoms with van der Waals surface area (Å²) in [5.74, 6) is 0.867. The number of carbonyl (C=O) groups is 1. The molecule has 1 unspecified atom stereocenters. The molecule has 1 aliphatic heterocycles. The van der Waals surface area contributed by atoms with Crippen LogP contribution in [0, 0.1) is 0 Å². The molecule has 1 saturated heterocycles. The Morgan fingerprint density at radius 3 is 2.86 bits per heavy atom. The Balaban J connectivity index is 1.62. The molecule has 7 nitrogen and oxygen atoms in total. The molecular weight excluding hydrogens is 396 g/mol. The standard InChI is InChI=1S/C19H22N4O3S2/c1-2-17-21-15-7-3-4-8-16(15)23(17)14-6-5-9-22(11-14)19(24)13-10-18(27-12-13)28(20,25)26/h3-4,7-8,10,12,14H,2,5-6,9,11H2,1H3,(H2,20,25,26). The second-order valence-corrected chi connectivity index (χ2v) is 9.69. The van der Waals surface area contributed by atoms with Crippen LogP contribution in [0.1, 0.15) is 42.0 Å². The van der Waals surface area contributed by atoms with Crippen LogP contribution in [0.4, 0.5) is 0 Å². The van der Waals surface area contributed by atoms with Gasteiger partial charge in [0.25, 0.3) is 5.91 Å². The van der Waals surface area contributed by atoms with Gasteiger partial charge in [0.15, 0.2) is 0 Å². The number of hydrogen-bond acceptors (Lipinski definition) is 5. The predicted octanol–water partition coefficient (Wildman–Crippen LogP) is 2.78. The number of nitrogens with two attached hydrogens (primary N) is 1. The van der Waals surface area contributed by atoms with Crippen molar-refractivity contribution >= 4 is 38.3 Å². The Bertz CT molecular complexity index is 1130. The van der Waals surface area contributed by atoms with Crippen LogP contribution in [0.3, 0.4) is 0 Å². The molecule has 3 aromatic rings. The minimum absolute atomic E-state index is 0.0123. The van der Waals surface area contributed by atoms with Crippen molar-refractivity contribution in [2.45, 2.75) is 36.4 Å². The summed E-state index contributed by atoms with van der Waals surface area (Å²) in [6.07, 6.45) is 2.68. The number of imidazole rings is 1. The van der Waals surface area contributed by atoms with Gasteiger partial charge >= 0.3 is 0 Å². The number of piperidine rings is 1. The maximum atomic E-state index is 12.9. The first kappa shape index (κ1) is 19.1. The number of benzene rings is 1. The van der Waals surface area contributed by atoms with Gasteiger partial charge in [-0.25, -0.2) is 18.5 Å². The summed E-state index contributed by atoms with van der Waals surface area (Å²) in [6, 6.07) is 9.59. The van der Waals surface area contributed by atoms with Gasteiger partial charge in [-0.05, 0) is 31.0 Å². The number of thiophene rings is 1.